The summed E-state index contributed by atoms with van der Waals surface area (Å²) in [4.78, 5) is 23.9. The standard InChI is InChI=1S/C9H16N2O5S/c1-2-16-8(12)7-10-9(13)11-3-5-17(14,15)6-4-11/h2-7H2,1H3,(H,10,13). The van der Waals surface area contributed by atoms with Crippen LogP contribution in [0.1, 0.15) is 6.92 Å². The molecule has 1 heterocycles. The van der Waals surface area contributed by atoms with Gasteiger partial charge in [-0.15, -0.1) is 0 Å². The van der Waals surface area contributed by atoms with Crippen LogP contribution in [0.3, 0.4) is 0 Å². The zero-order valence-electron chi connectivity index (χ0n) is 9.64. The normalized spacial score (nSPS) is 18.5. The van der Waals surface area contributed by atoms with Crippen molar-refractivity contribution in [1.82, 2.24) is 10.2 Å². The molecule has 8 heteroatoms. The van der Waals surface area contributed by atoms with Crippen LogP contribution in [0.4, 0.5) is 4.79 Å². The highest BCUT2D eigenvalue weighted by Crippen LogP contribution is 2.03. The number of nitrogens with one attached hydrogen (secondary N) is 1. The van der Waals surface area contributed by atoms with Crippen molar-refractivity contribution in [2.75, 3.05) is 37.7 Å². The number of hydrogen-bond donors (Lipinski definition) is 1. The molecule has 0 aromatic heterocycles. The molecule has 0 aliphatic carbocycles. The van der Waals surface area contributed by atoms with E-state index in [0.717, 1.165) is 0 Å². The molecule has 17 heavy (non-hydrogen) atoms. The largest absolute Gasteiger partial charge is 0.465 e. The van der Waals surface area contributed by atoms with E-state index < -0.39 is 21.8 Å². The van der Waals surface area contributed by atoms with Crippen LogP contribution in [0.2, 0.25) is 0 Å². The third kappa shape index (κ3) is 4.59. The van der Waals surface area contributed by atoms with E-state index in [0.29, 0.717) is 0 Å². The van der Waals surface area contributed by atoms with E-state index in [-0.39, 0.29) is 37.7 Å². The van der Waals surface area contributed by atoms with Gasteiger partial charge in [-0.1, -0.05) is 0 Å². The first-order valence-corrected chi connectivity index (χ1v) is 7.15. The summed E-state index contributed by atoms with van der Waals surface area (Å²) in [6.07, 6.45) is 0. The molecule has 0 aromatic rings. The molecule has 98 valence electrons. The number of nitrogens with zero attached hydrogens (tertiary/aromatic N) is 1. The summed E-state index contributed by atoms with van der Waals surface area (Å²) >= 11 is 0. The first-order chi connectivity index (χ1) is 7.94. The smallest absolute Gasteiger partial charge is 0.325 e. The Morgan fingerprint density at radius 3 is 2.41 bits per heavy atom. The lowest BCUT2D eigenvalue weighted by Crippen LogP contribution is -2.49. The summed E-state index contributed by atoms with van der Waals surface area (Å²) in [6, 6.07) is -0.437. The van der Waals surface area contributed by atoms with Crippen LogP contribution in [-0.2, 0) is 19.4 Å². The van der Waals surface area contributed by atoms with Gasteiger partial charge in [-0.25, -0.2) is 13.2 Å². The molecule has 0 saturated carbocycles. The lowest BCUT2D eigenvalue weighted by Gasteiger charge is -2.26. The third-order valence-electron chi connectivity index (χ3n) is 2.32. The van der Waals surface area contributed by atoms with Crippen molar-refractivity contribution in [2.24, 2.45) is 0 Å². The molecule has 1 saturated heterocycles. The van der Waals surface area contributed by atoms with E-state index in [1.807, 2.05) is 0 Å². The topological polar surface area (TPSA) is 92.8 Å². The highest BCUT2D eigenvalue weighted by atomic mass is 32.2. The zero-order chi connectivity index (χ0) is 12.9. The quantitative estimate of drug-likeness (QED) is 0.659. The van der Waals surface area contributed by atoms with Gasteiger partial charge in [0.05, 0.1) is 18.1 Å². The van der Waals surface area contributed by atoms with Crippen LogP contribution in [0, 0.1) is 0 Å². The van der Waals surface area contributed by atoms with Gasteiger partial charge in [-0.05, 0) is 6.92 Å². The van der Waals surface area contributed by atoms with Gasteiger partial charge in [-0.3, -0.25) is 4.79 Å². The Morgan fingerprint density at radius 1 is 1.29 bits per heavy atom. The van der Waals surface area contributed by atoms with E-state index in [1.54, 1.807) is 6.92 Å². The van der Waals surface area contributed by atoms with Crippen molar-refractivity contribution in [3.05, 3.63) is 0 Å². The summed E-state index contributed by atoms with van der Waals surface area (Å²) in [5, 5.41) is 2.38. The van der Waals surface area contributed by atoms with Gasteiger partial charge in [0.2, 0.25) is 0 Å². The second-order valence-corrected chi connectivity index (χ2v) is 5.91. The molecular weight excluding hydrogens is 248 g/mol. The minimum Gasteiger partial charge on any atom is -0.465 e. The average molecular weight is 264 g/mol. The molecule has 0 bridgehead atoms. The lowest BCUT2D eigenvalue weighted by atomic mass is 10.5. The Labute approximate surface area is 100 Å². The van der Waals surface area contributed by atoms with Crippen LogP contribution in [0.5, 0.6) is 0 Å². The van der Waals surface area contributed by atoms with Crippen LogP contribution in [-0.4, -0.2) is 63.1 Å². The third-order valence-corrected chi connectivity index (χ3v) is 3.93. The highest BCUT2D eigenvalue weighted by Gasteiger charge is 2.25. The maximum absolute atomic E-state index is 11.5. The fraction of sp³-hybridized carbons (Fsp3) is 0.778. The van der Waals surface area contributed by atoms with Gasteiger partial charge < -0.3 is 15.0 Å². The molecule has 0 aromatic carbocycles. The Bertz CT molecular complexity index is 378. The number of rotatable bonds is 3. The predicted molar refractivity (Wildman–Crippen MR) is 60.3 cm³/mol. The Balaban J connectivity index is 2.32. The van der Waals surface area contributed by atoms with Gasteiger partial charge in [0, 0.05) is 13.1 Å². The molecule has 0 atom stereocenters. The zero-order valence-corrected chi connectivity index (χ0v) is 10.5. The van der Waals surface area contributed by atoms with Gasteiger partial charge in [0.1, 0.15) is 6.54 Å². The molecule has 1 rings (SSSR count). The Morgan fingerprint density at radius 2 is 1.88 bits per heavy atom. The molecule has 1 N–H and O–H groups in total. The van der Waals surface area contributed by atoms with Gasteiger partial charge in [0.25, 0.3) is 0 Å². The minimum atomic E-state index is -3.00. The Kier molecular flexibility index (Phi) is 4.73. The number of sulfone groups is 1. The maximum Gasteiger partial charge on any atom is 0.325 e. The summed E-state index contributed by atoms with van der Waals surface area (Å²) in [6.45, 7) is 2.07. The van der Waals surface area contributed by atoms with E-state index in [4.69, 9.17) is 0 Å². The predicted octanol–water partition coefficient (Wildman–Crippen LogP) is -1.01. The molecule has 0 unspecified atom stereocenters. The number of urea groups is 1. The fourth-order valence-electron chi connectivity index (χ4n) is 1.39. The molecule has 1 aliphatic heterocycles. The van der Waals surface area contributed by atoms with Crippen molar-refractivity contribution in [1.29, 1.82) is 0 Å². The molecule has 1 aliphatic rings. The van der Waals surface area contributed by atoms with Crippen LogP contribution in [0.15, 0.2) is 0 Å². The van der Waals surface area contributed by atoms with Gasteiger partial charge in [-0.2, -0.15) is 0 Å². The van der Waals surface area contributed by atoms with Crippen molar-refractivity contribution >= 4 is 21.8 Å². The molecule has 0 radical (unpaired) electrons. The van der Waals surface area contributed by atoms with E-state index in [2.05, 4.69) is 10.1 Å². The first kappa shape index (κ1) is 13.8. The first-order valence-electron chi connectivity index (χ1n) is 5.33. The minimum absolute atomic E-state index is 0.0279. The van der Waals surface area contributed by atoms with Crippen LogP contribution < -0.4 is 5.32 Å². The number of carbonyl (C=O) groups excluding carboxylic acids is 2. The second-order valence-electron chi connectivity index (χ2n) is 3.60. The van der Waals surface area contributed by atoms with E-state index in [9.17, 15) is 18.0 Å². The number of ether oxygens (including phenoxy) is 1. The number of hydrogen-bond acceptors (Lipinski definition) is 5. The van der Waals surface area contributed by atoms with Crippen molar-refractivity contribution in [2.45, 2.75) is 6.92 Å². The number of amides is 2. The van der Waals surface area contributed by atoms with Crippen LogP contribution >= 0.6 is 0 Å². The molecule has 1 fully saturated rings. The molecule has 7 nitrogen and oxygen atoms in total. The van der Waals surface area contributed by atoms with Gasteiger partial charge in [0.15, 0.2) is 9.84 Å². The van der Waals surface area contributed by atoms with Crippen molar-refractivity contribution < 1.29 is 22.7 Å². The average Bonchev–Trinajstić information content (AvgIpc) is 2.26. The number of carbonyl (C=O) groups is 2. The van der Waals surface area contributed by atoms with E-state index >= 15 is 0 Å². The maximum atomic E-state index is 11.5. The Hall–Kier alpha value is -1.31. The van der Waals surface area contributed by atoms with Crippen LogP contribution in [0.25, 0.3) is 0 Å². The summed E-state index contributed by atoms with van der Waals surface area (Å²) < 4.78 is 26.9. The number of esters is 1. The highest BCUT2D eigenvalue weighted by molar-refractivity contribution is 7.91. The second kappa shape index (κ2) is 5.85. The van der Waals surface area contributed by atoms with Crippen molar-refractivity contribution in [3.63, 3.8) is 0 Å². The lowest BCUT2D eigenvalue weighted by molar-refractivity contribution is -0.141. The summed E-state index contributed by atoms with van der Waals surface area (Å²) in [5.41, 5.74) is 0. The molecular formula is C9H16N2O5S. The molecule has 2 amide bonds. The van der Waals surface area contributed by atoms with Gasteiger partial charge >= 0.3 is 12.0 Å². The fourth-order valence-corrected chi connectivity index (χ4v) is 2.59. The SMILES string of the molecule is CCOC(=O)CNC(=O)N1CCS(=O)(=O)CC1. The van der Waals surface area contributed by atoms with Crippen molar-refractivity contribution in [3.8, 4) is 0 Å². The molecule has 0 spiro atoms. The van der Waals surface area contributed by atoms with E-state index in [1.165, 1.54) is 4.90 Å². The monoisotopic (exact) mass is 264 g/mol. The summed E-state index contributed by atoms with van der Waals surface area (Å²) in [5.74, 6) is -0.565. The summed E-state index contributed by atoms with van der Waals surface area (Å²) in [7, 11) is -3.00.